The van der Waals surface area contributed by atoms with Crippen LogP contribution in [0.2, 0.25) is 0 Å². The Bertz CT molecular complexity index is 512. The average molecular weight is 227 g/mol. The van der Waals surface area contributed by atoms with Crippen molar-refractivity contribution in [2.75, 3.05) is 6.61 Å². The van der Waals surface area contributed by atoms with Gasteiger partial charge < -0.3 is 10.5 Å². The van der Waals surface area contributed by atoms with Crippen molar-refractivity contribution < 1.29 is 4.74 Å². The summed E-state index contributed by atoms with van der Waals surface area (Å²) < 4.78 is 5.69. The van der Waals surface area contributed by atoms with Crippen LogP contribution in [-0.4, -0.2) is 12.7 Å². The summed E-state index contributed by atoms with van der Waals surface area (Å²) in [5.41, 5.74) is 7.55. The predicted molar refractivity (Wildman–Crippen MR) is 69.9 cm³/mol. The smallest absolute Gasteiger partial charge is 0.0768 e. The molecule has 0 spiro atoms. The molecule has 2 atom stereocenters. The lowest BCUT2D eigenvalue weighted by Crippen LogP contribution is -2.25. The molecule has 0 saturated carbocycles. The van der Waals surface area contributed by atoms with Crippen LogP contribution >= 0.6 is 0 Å². The molecule has 1 saturated heterocycles. The highest BCUT2D eigenvalue weighted by Gasteiger charge is 2.25. The largest absolute Gasteiger partial charge is 0.376 e. The number of ether oxygens (including phenoxy) is 1. The Balaban J connectivity index is 2.04. The van der Waals surface area contributed by atoms with E-state index in [4.69, 9.17) is 10.5 Å². The van der Waals surface area contributed by atoms with E-state index in [1.165, 1.54) is 16.3 Å². The van der Waals surface area contributed by atoms with Gasteiger partial charge in [0.05, 0.1) is 12.1 Å². The molecule has 2 N–H and O–H groups in total. The third kappa shape index (κ3) is 1.94. The monoisotopic (exact) mass is 227 g/mol. The van der Waals surface area contributed by atoms with E-state index in [0.717, 1.165) is 19.4 Å². The van der Waals surface area contributed by atoms with Crippen LogP contribution in [0.4, 0.5) is 0 Å². The first kappa shape index (κ1) is 10.8. The molecule has 0 aromatic heterocycles. The molecule has 0 aliphatic carbocycles. The van der Waals surface area contributed by atoms with Crippen LogP contribution in [0.1, 0.15) is 24.4 Å². The van der Waals surface area contributed by atoms with Crippen molar-refractivity contribution >= 4 is 10.8 Å². The van der Waals surface area contributed by atoms with Crippen LogP contribution < -0.4 is 5.73 Å². The zero-order valence-electron chi connectivity index (χ0n) is 9.80. The van der Waals surface area contributed by atoms with Crippen LogP contribution in [0.3, 0.4) is 0 Å². The van der Waals surface area contributed by atoms with E-state index in [-0.39, 0.29) is 12.1 Å². The molecule has 17 heavy (non-hydrogen) atoms. The van der Waals surface area contributed by atoms with E-state index in [1.54, 1.807) is 0 Å². The first-order valence-corrected chi connectivity index (χ1v) is 6.21. The summed E-state index contributed by atoms with van der Waals surface area (Å²) in [5.74, 6) is 0. The molecule has 88 valence electrons. The number of rotatable bonds is 2. The molecular weight excluding hydrogens is 210 g/mol. The summed E-state index contributed by atoms with van der Waals surface area (Å²) in [6.07, 6.45) is 2.38. The van der Waals surface area contributed by atoms with Crippen LogP contribution in [0.25, 0.3) is 10.8 Å². The lowest BCUT2D eigenvalue weighted by molar-refractivity contribution is 0.0904. The summed E-state index contributed by atoms with van der Waals surface area (Å²) >= 11 is 0. The third-order valence-corrected chi connectivity index (χ3v) is 3.55. The third-order valence-electron chi connectivity index (χ3n) is 3.55. The second-order valence-corrected chi connectivity index (χ2v) is 4.65. The number of fused-ring (bicyclic) bond motifs is 1. The van der Waals surface area contributed by atoms with Crippen molar-refractivity contribution in [2.24, 2.45) is 5.73 Å². The maximum Gasteiger partial charge on any atom is 0.0768 e. The Kier molecular flexibility index (Phi) is 2.83. The van der Waals surface area contributed by atoms with Crippen LogP contribution in [0.15, 0.2) is 42.5 Å². The molecular formula is C15H17NO. The summed E-state index contributed by atoms with van der Waals surface area (Å²) in [6, 6.07) is 14.7. The molecule has 1 heterocycles. The second-order valence-electron chi connectivity index (χ2n) is 4.65. The molecule has 1 aliphatic heterocycles. The topological polar surface area (TPSA) is 35.2 Å². The fourth-order valence-electron chi connectivity index (χ4n) is 2.63. The zero-order valence-corrected chi connectivity index (χ0v) is 9.80. The van der Waals surface area contributed by atoms with Crippen LogP contribution in [0, 0.1) is 0 Å². The van der Waals surface area contributed by atoms with Crippen molar-refractivity contribution in [1.29, 1.82) is 0 Å². The molecule has 2 aromatic carbocycles. The summed E-state index contributed by atoms with van der Waals surface area (Å²) in [5, 5.41) is 2.50. The Morgan fingerprint density at radius 3 is 2.76 bits per heavy atom. The summed E-state index contributed by atoms with van der Waals surface area (Å²) in [4.78, 5) is 0. The average Bonchev–Trinajstić information content (AvgIpc) is 2.91. The molecule has 2 heteroatoms. The van der Waals surface area contributed by atoms with Gasteiger partial charge in [0.25, 0.3) is 0 Å². The molecule has 0 bridgehead atoms. The highest BCUT2D eigenvalue weighted by Crippen LogP contribution is 2.29. The lowest BCUT2D eigenvalue weighted by atomic mass is 9.95. The van der Waals surface area contributed by atoms with Gasteiger partial charge in [0.1, 0.15) is 0 Å². The van der Waals surface area contributed by atoms with E-state index in [2.05, 4.69) is 42.5 Å². The Morgan fingerprint density at radius 2 is 1.94 bits per heavy atom. The van der Waals surface area contributed by atoms with Gasteiger partial charge in [0.15, 0.2) is 0 Å². The van der Waals surface area contributed by atoms with E-state index < -0.39 is 0 Å². The minimum absolute atomic E-state index is 0.0106. The van der Waals surface area contributed by atoms with Gasteiger partial charge in [-0.1, -0.05) is 42.5 Å². The van der Waals surface area contributed by atoms with E-state index in [1.807, 2.05) is 0 Å². The standard InChI is InChI=1S/C15H17NO/c16-15(14-9-4-10-17-14)13-8-3-6-11-5-1-2-7-12(11)13/h1-3,5-8,14-15H,4,9-10,16H2. The number of nitrogens with two attached hydrogens (primary N) is 1. The minimum Gasteiger partial charge on any atom is -0.376 e. The molecule has 2 nitrogen and oxygen atoms in total. The maximum atomic E-state index is 6.34. The Morgan fingerprint density at radius 1 is 1.12 bits per heavy atom. The van der Waals surface area contributed by atoms with E-state index >= 15 is 0 Å². The normalized spacial score (nSPS) is 21.8. The second kappa shape index (κ2) is 4.47. The number of hydrogen-bond acceptors (Lipinski definition) is 2. The fourth-order valence-corrected chi connectivity index (χ4v) is 2.63. The summed E-state index contributed by atoms with van der Waals surface area (Å²) in [6.45, 7) is 0.850. The van der Waals surface area contributed by atoms with Gasteiger partial charge in [-0.2, -0.15) is 0 Å². The number of benzene rings is 2. The Hall–Kier alpha value is -1.38. The van der Waals surface area contributed by atoms with Gasteiger partial charge in [-0.3, -0.25) is 0 Å². The van der Waals surface area contributed by atoms with Gasteiger partial charge in [0, 0.05) is 6.61 Å². The van der Waals surface area contributed by atoms with Crippen molar-refractivity contribution in [3.63, 3.8) is 0 Å². The van der Waals surface area contributed by atoms with Crippen molar-refractivity contribution in [2.45, 2.75) is 25.0 Å². The highest BCUT2D eigenvalue weighted by atomic mass is 16.5. The van der Waals surface area contributed by atoms with E-state index in [0.29, 0.717) is 0 Å². The highest BCUT2D eigenvalue weighted by molar-refractivity contribution is 5.86. The van der Waals surface area contributed by atoms with Gasteiger partial charge >= 0.3 is 0 Å². The molecule has 0 radical (unpaired) electrons. The van der Waals surface area contributed by atoms with Crippen molar-refractivity contribution in [1.82, 2.24) is 0 Å². The number of hydrogen-bond donors (Lipinski definition) is 1. The summed E-state index contributed by atoms with van der Waals surface area (Å²) in [7, 11) is 0. The minimum atomic E-state index is -0.0106. The molecule has 2 unspecified atom stereocenters. The predicted octanol–water partition coefficient (Wildman–Crippen LogP) is 3.02. The van der Waals surface area contributed by atoms with Crippen LogP contribution in [-0.2, 0) is 4.74 Å². The molecule has 1 fully saturated rings. The van der Waals surface area contributed by atoms with Gasteiger partial charge in [-0.05, 0) is 29.2 Å². The van der Waals surface area contributed by atoms with Gasteiger partial charge in [-0.25, -0.2) is 0 Å². The maximum absolute atomic E-state index is 6.34. The van der Waals surface area contributed by atoms with Crippen LogP contribution in [0.5, 0.6) is 0 Å². The first-order chi connectivity index (χ1) is 8.36. The van der Waals surface area contributed by atoms with Gasteiger partial charge in [0.2, 0.25) is 0 Å². The fraction of sp³-hybridized carbons (Fsp3) is 0.333. The van der Waals surface area contributed by atoms with Crippen molar-refractivity contribution in [3.05, 3.63) is 48.0 Å². The van der Waals surface area contributed by atoms with Gasteiger partial charge in [-0.15, -0.1) is 0 Å². The molecule has 0 amide bonds. The molecule has 3 rings (SSSR count). The Labute approximate surface area is 101 Å². The quantitative estimate of drug-likeness (QED) is 0.856. The first-order valence-electron chi connectivity index (χ1n) is 6.21. The lowest BCUT2D eigenvalue weighted by Gasteiger charge is -2.20. The van der Waals surface area contributed by atoms with E-state index in [9.17, 15) is 0 Å². The molecule has 1 aliphatic rings. The molecule has 2 aromatic rings. The SMILES string of the molecule is NC(c1cccc2ccccc12)C1CCCO1. The van der Waals surface area contributed by atoms with Crippen molar-refractivity contribution in [3.8, 4) is 0 Å². The zero-order chi connectivity index (χ0) is 11.7.